The summed E-state index contributed by atoms with van der Waals surface area (Å²) in [4.78, 5) is 27.7. The molecule has 0 radical (unpaired) electrons. The molecular weight excluding hydrogens is 228 g/mol. The highest BCUT2D eigenvalue weighted by molar-refractivity contribution is 6.21. The van der Waals surface area contributed by atoms with Gasteiger partial charge in [0.2, 0.25) is 0 Å². The van der Waals surface area contributed by atoms with Crippen LogP contribution in [0, 0.1) is 0 Å². The summed E-state index contributed by atoms with van der Waals surface area (Å²) in [5.74, 6) is -0.328. The van der Waals surface area contributed by atoms with Crippen molar-refractivity contribution in [3.8, 4) is 0 Å². The second-order valence-corrected chi connectivity index (χ2v) is 4.33. The van der Waals surface area contributed by atoms with Crippen molar-refractivity contribution >= 4 is 11.8 Å². The Morgan fingerprint density at radius 2 is 1.50 bits per heavy atom. The largest absolute Gasteiger partial charge is 0.302 e. The molecule has 0 bridgehead atoms. The first-order valence-corrected chi connectivity index (χ1v) is 6.36. The molecule has 0 atom stereocenters. The SMILES string of the molecule is CCN(CC)CCN1C(=O)c2ccccc2C1=O. The normalized spacial score (nSPS) is 14.5. The molecule has 2 amide bonds. The Balaban J connectivity index is 2.09. The van der Waals surface area contributed by atoms with Gasteiger partial charge in [0, 0.05) is 13.1 Å². The van der Waals surface area contributed by atoms with Gasteiger partial charge >= 0.3 is 0 Å². The van der Waals surface area contributed by atoms with Gasteiger partial charge in [-0.3, -0.25) is 14.5 Å². The van der Waals surface area contributed by atoms with Gasteiger partial charge in [-0.05, 0) is 25.2 Å². The zero-order chi connectivity index (χ0) is 13.1. The average Bonchev–Trinajstić information content (AvgIpc) is 2.65. The molecule has 2 rings (SSSR count). The van der Waals surface area contributed by atoms with E-state index in [1.165, 1.54) is 4.90 Å². The predicted molar refractivity (Wildman–Crippen MR) is 69.6 cm³/mol. The molecule has 0 aliphatic carbocycles. The third-order valence-electron chi connectivity index (χ3n) is 3.41. The van der Waals surface area contributed by atoms with Gasteiger partial charge in [-0.25, -0.2) is 0 Å². The summed E-state index contributed by atoms with van der Waals surface area (Å²) >= 11 is 0. The molecule has 1 aromatic rings. The molecule has 0 N–H and O–H groups in total. The number of nitrogens with zero attached hydrogens (tertiary/aromatic N) is 2. The molecule has 0 fully saturated rings. The Morgan fingerprint density at radius 3 is 1.94 bits per heavy atom. The van der Waals surface area contributed by atoms with Gasteiger partial charge in [0.05, 0.1) is 11.1 Å². The van der Waals surface area contributed by atoms with Crippen molar-refractivity contribution < 1.29 is 9.59 Å². The minimum absolute atomic E-state index is 0.164. The van der Waals surface area contributed by atoms with Crippen molar-refractivity contribution in [2.45, 2.75) is 13.8 Å². The highest BCUT2D eigenvalue weighted by Crippen LogP contribution is 2.21. The zero-order valence-electron chi connectivity index (χ0n) is 10.8. The first-order chi connectivity index (χ1) is 8.69. The molecule has 1 aliphatic heterocycles. The second-order valence-electron chi connectivity index (χ2n) is 4.33. The molecule has 1 aromatic carbocycles. The van der Waals surface area contributed by atoms with Gasteiger partial charge in [0.15, 0.2) is 0 Å². The standard InChI is InChI=1S/C14H18N2O2/c1-3-15(4-2)9-10-16-13(17)11-7-5-6-8-12(11)14(16)18/h5-8H,3-4,9-10H2,1-2H3. The van der Waals surface area contributed by atoms with Gasteiger partial charge in [-0.15, -0.1) is 0 Å². The molecule has 4 nitrogen and oxygen atoms in total. The topological polar surface area (TPSA) is 40.6 Å². The molecule has 0 saturated carbocycles. The van der Waals surface area contributed by atoms with Crippen molar-refractivity contribution in [3.05, 3.63) is 35.4 Å². The Labute approximate surface area is 107 Å². The molecular formula is C14H18N2O2. The average molecular weight is 246 g/mol. The van der Waals surface area contributed by atoms with E-state index in [0.29, 0.717) is 17.7 Å². The van der Waals surface area contributed by atoms with Crippen LogP contribution in [0.25, 0.3) is 0 Å². The smallest absolute Gasteiger partial charge is 0.261 e. The lowest BCUT2D eigenvalue weighted by atomic mass is 10.1. The van der Waals surface area contributed by atoms with Crippen LogP contribution in [-0.2, 0) is 0 Å². The fraction of sp³-hybridized carbons (Fsp3) is 0.429. The molecule has 18 heavy (non-hydrogen) atoms. The Morgan fingerprint density at radius 1 is 1.00 bits per heavy atom. The highest BCUT2D eigenvalue weighted by atomic mass is 16.2. The highest BCUT2D eigenvalue weighted by Gasteiger charge is 2.34. The summed E-state index contributed by atoms with van der Waals surface area (Å²) in [6, 6.07) is 7.01. The van der Waals surface area contributed by atoms with E-state index in [4.69, 9.17) is 0 Å². The first-order valence-electron chi connectivity index (χ1n) is 6.36. The van der Waals surface area contributed by atoms with Crippen LogP contribution < -0.4 is 0 Å². The summed E-state index contributed by atoms with van der Waals surface area (Å²) < 4.78 is 0. The number of benzene rings is 1. The second kappa shape index (κ2) is 5.31. The summed E-state index contributed by atoms with van der Waals surface area (Å²) in [7, 11) is 0. The molecule has 1 aliphatic rings. The van der Waals surface area contributed by atoms with Crippen molar-refractivity contribution in [2.75, 3.05) is 26.2 Å². The quantitative estimate of drug-likeness (QED) is 0.741. The summed E-state index contributed by atoms with van der Waals surface area (Å²) in [6.45, 7) is 7.21. The maximum atomic E-state index is 12.1. The molecule has 4 heteroatoms. The first kappa shape index (κ1) is 12.8. The number of fused-ring (bicyclic) bond motifs is 1. The van der Waals surface area contributed by atoms with Gasteiger partial charge in [-0.1, -0.05) is 26.0 Å². The Kier molecular flexibility index (Phi) is 3.77. The number of rotatable bonds is 5. The molecule has 96 valence electrons. The van der Waals surface area contributed by atoms with E-state index in [0.717, 1.165) is 19.6 Å². The Bertz CT molecular complexity index is 432. The van der Waals surface area contributed by atoms with Gasteiger partial charge in [0.25, 0.3) is 11.8 Å². The van der Waals surface area contributed by atoms with Crippen molar-refractivity contribution in [1.29, 1.82) is 0 Å². The van der Waals surface area contributed by atoms with Crippen LogP contribution in [0.3, 0.4) is 0 Å². The van der Waals surface area contributed by atoms with Crippen LogP contribution in [0.5, 0.6) is 0 Å². The summed E-state index contributed by atoms with van der Waals surface area (Å²) in [5, 5.41) is 0. The number of likely N-dealkylation sites (N-methyl/N-ethyl adjacent to an activating group) is 1. The minimum atomic E-state index is -0.164. The fourth-order valence-corrected chi connectivity index (χ4v) is 2.22. The molecule has 0 saturated heterocycles. The third-order valence-corrected chi connectivity index (χ3v) is 3.41. The maximum absolute atomic E-state index is 12.1. The third kappa shape index (κ3) is 2.16. The lowest BCUT2D eigenvalue weighted by Crippen LogP contribution is -2.38. The van der Waals surface area contributed by atoms with Gasteiger partial charge in [-0.2, -0.15) is 0 Å². The van der Waals surface area contributed by atoms with Gasteiger partial charge < -0.3 is 4.90 Å². The lowest BCUT2D eigenvalue weighted by Gasteiger charge is -2.21. The van der Waals surface area contributed by atoms with E-state index in [9.17, 15) is 9.59 Å². The lowest BCUT2D eigenvalue weighted by molar-refractivity contribution is 0.0638. The van der Waals surface area contributed by atoms with Crippen molar-refractivity contribution in [1.82, 2.24) is 9.80 Å². The van der Waals surface area contributed by atoms with Crippen molar-refractivity contribution in [2.24, 2.45) is 0 Å². The van der Waals surface area contributed by atoms with E-state index in [1.807, 2.05) is 0 Å². The number of amides is 2. The van der Waals surface area contributed by atoms with E-state index < -0.39 is 0 Å². The van der Waals surface area contributed by atoms with Crippen LogP contribution in [0.15, 0.2) is 24.3 Å². The van der Waals surface area contributed by atoms with E-state index in [2.05, 4.69) is 18.7 Å². The monoisotopic (exact) mass is 246 g/mol. The van der Waals surface area contributed by atoms with E-state index in [1.54, 1.807) is 24.3 Å². The molecule has 1 heterocycles. The summed E-state index contributed by atoms with van der Waals surface area (Å²) in [5.41, 5.74) is 1.06. The number of carbonyl (C=O) groups is 2. The number of imide groups is 1. The number of hydrogen-bond donors (Lipinski definition) is 0. The van der Waals surface area contributed by atoms with Crippen LogP contribution >= 0.6 is 0 Å². The van der Waals surface area contributed by atoms with E-state index >= 15 is 0 Å². The number of hydrogen-bond acceptors (Lipinski definition) is 3. The predicted octanol–water partition coefficient (Wildman–Crippen LogP) is 1.62. The zero-order valence-corrected chi connectivity index (χ0v) is 10.8. The van der Waals surface area contributed by atoms with Gasteiger partial charge in [0.1, 0.15) is 0 Å². The summed E-state index contributed by atoms with van der Waals surface area (Å²) in [6.07, 6.45) is 0. The number of carbonyl (C=O) groups excluding carboxylic acids is 2. The van der Waals surface area contributed by atoms with Crippen molar-refractivity contribution in [3.63, 3.8) is 0 Å². The van der Waals surface area contributed by atoms with Crippen LogP contribution in [-0.4, -0.2) is 47.8 Å². The fourth-order valence-electron chi connectivity index (χ4n) is 2.22. The van der Waals surface area contributed by atoms with E-state index in [-0.39, 0.29) is 11.8 Å². The van der Waals surface area contributed by atoms with Crippen LogP contribution in [0.4, 0.5) is 0 Å². The molecule has 0 spiro atoms. The van der Waals surface area contributed by atoms with Crippen LogP contribution in [0.1, 0.15) is 34.6 Å². The maximum Gasteiger partial charge on any atom is 0.261 e. The Hall–Kier alpha value is -1.68. The minimum Gasteiger partial charge on any atom is -0.302 e. The molecule has 0 aromatic heterocycles. The van der Waals surface area contributed by atoms with Crippen LogP contribution in [0.2, 0.25) is 0 Å². The molecule has 0 unspecified atom stereocenters.